The maximum absolute atomic E-state index is 5.76. The van der Waals surface area contributed by atoms with Gasteiger partial charge in [-0.2, -0.15) is 0 Å². The van der Waals surface area contributed by atoms with Crippen LogP contribution in [-0.2, 0) is 4.74 Å². The smallest absolute Gasteiger partial charge is 0.0655 e. The topological polar surface area (TPSA) is 21.3 Å². The van der Waals surface area contributed by atoms with Gasteiger partial charge in [0.25, 0.3) is 0 Å². The molecule has 2 aliphatic rings. The third kappa shape index (κ3) is 2.33. The minimum Gasteiger partial charge on any atom is -0.378 e. The van der Waals surface area contributed by atoms with E-state index in [-0.39, 0.29) is 0 Å². The maximum atomic E-state index is 5.76. The maximum Gasteiger partial charge on any atom is 0.0655 e. The molecule has 0 bridgehead atoms. The van der Waals surface area contributed by atoms with Crippen LogP contribution >= 0.6 is 0 Å². The van der Waals surface area contributed by atoms with Gasteiger partial charge in [0.2, 0.25) is 0 Å². The van der Waals surface area contributed by atoms with Crippen molar-refractivity contribution in [1.29, 1.82) is 0 Å². The van der Waals surface area contributed by atoms with Crippen molar-refractivity contribution in [2.45, 2.75) is 64.6 Å². The summed E-state index contributed by atoms with van der Waals surface area (Å²) in [4.78, 5) is 0. The Morgan fingerprint density at radius 3 is 2.75 bits per heavy atom. The Bertz CT molecular complexity index is 259. The minimum absolute atomic E-state index is 0.303. The summed E-state index contributed by atoms with van der Waals surface area (Å²) in [5.41, 5.74) is 0.303. The van der Waals surface area contributed by atoms with Crippen LogP contribution < -0.4 is 5.32 Å². The lowest BCUT2D eigenvalue weighted by molar-refractivity contribution is -0.116. The molecule has 0 spiro atoms. The Hall–Kier alpha value is -0.340. The SMILES string of the molecule is CCOC1CC(NC2CC=CCC2)C1(C)C. The molecule has 0 aromatic carbocycles. The summed E-state index contributed by atoms with van der Waals surface area (Å²) in [5, 5.41) is 3.80. The number of rotatable bonds is 4. The molecule has 0 heterocycles. The molecule has 0 aromatic rings. The normalized spacial score (nSPS) is 37.1. The van der Waals surface area contributed by atoms with Crippen LogP contribution in [0.15, 0.2) is 12.2 Å². The average molecular weight is 223 g/mol. The first-order valence-electron chi connectivity index (χ1n) is 6.67. The second-order valence-electron chi connectivity index (χ2n) is 5.70. The highest BCUT2D eigenvalue weighted by atomic mass is 16.5. The Kier molecular flexibility index (Phi) is 3.70. The van der Waals surface area contributed by atoms with Gasteiger partial charge in [-0.05, 0) is 32.6 Å². The lowest BCUT2D eigenvalue weighted by Crippen LogP contribution is -2.62. The third-order valence-corrected chi connectivity index (χ3v) is 4.25. The molecule has 2 nitrogen and oxygen atoms in total. The zero-order valence-electron chi connectivity index (χ0n) is 10.8. The van der Waals surface area contributed by atoms with Gasteiger partial charge in [0.15, 0.2) is 0 Å². The fourth-order valence-corrected chi connectivity index (χ4v) is 2.88. The van der Waals surface area contributed by atoms with Crippen LogP contribution in [0, 0.1) is 5.41 Å². The fourth-order valence-electron chi connectivity index (χ4n) is 2.88. The molecule has 0 aliphatic heterocycles. The van der Waals surface area contributed by atoms with Crippen molar-refractivity contribution in [2.24, 2.45) is 5.41 Å². The molecular weight excluding hydrogens is 198 g/mol. The number of hydrogen-bond donors (Lipinski definition) is 1. The summed E-state index contributed by atoms with van der Waals surface area (Å²) < 4.78 is 5.76. The quantitative estimate of drug-likeness (QED) is 0.740. The minimum atomic E-state index is 0.303. The van der Waals surface area contributed by atoms with E-state index in [2.05, 4.69) is 38.2 Å². The van der Waals surface area contributed by atoms with Crippen LogP contribution in [0.25, 0.3) is 0 Å². The first kappa shape index (κ1) is 12.1. The van der Waals surface area contributed by atoms with Crippen molar-refractivity contribution in [1.82, 2.24) is 5.32 Å². The molecule has 3 atom stereocenters. The third-order valence-electron chi connectivity index (χ3n) is 4.25. The molecule has 1 saturated carbocycles. The van der Waals surface area contributed by atoms with Gasteiger partial charge in [0, 0.05) is 24.1 Å². The van der Waals surface area contributed by atoms with Gasteiger partial charge in [0.1, 0.15) is 0 Å². The first-order valence-corrected chi connectivity index (χ1v) is 6.67. The predicted octanol–water partition coefficient (Wildman–Crippen LogP) is 2.89. The first-order chi connectivity index (χ1) is 7.64. The zero-order chi connectivity index (χ0) is 11.6. The van der Waals surface area contributed by atoms with E-state index in [1.807, 2.05) is 0 Å². The molecule has 3 unspecified atom stereocenters. The molecule has 0 aromatic heterocycles. The van der Waals surface area contributed by atoms with Crippen molar-refractivity contribution in [3.63, 3.8) is 0 Å². The van der Waals surface area contributed by atoms with E-state index in [0.717, 1.165) is 6.61 Å². The molecule has 0 amide bonds. The molecule has 0 radical (unpaired) electrons. The fraction of sp³-hybridized carbons (Fsp3) is 0.857. The van der Waals surface area contributed by atoms with Crippen LogP contribution in [0.3, 0.4) is 0 Å². The Morgan fingerprint density at radius 2 is 2.19 bits per heavy atom. The van der Waals surface area contributed by atoms with Gasteiger partial charge in [-0.25, -0.2) is 0 Å². The summed E-state index contributed by atoms with van der Waals surface area (Å²) in [7, 11) is 0. The molecule has 1 N–H and O–H groups in total. The van der Waals surface area contributed by atoms with E-state index in [9.17, 15) is 0 Å². The standard InChI is InChI=1S/C14H25NO/c1-4-16-13-10-12(14(13,2)3)15-11-8-6-5-7-9-11/h5-6,11-13,15H,4,7-10H2,1-3H3. The summed E-state index contributed by atoms with van der Waals surface area (Å²) in [6.07, 6.45) is 9.98. The van der Waals surface area contributed by atoms with E-state index < -0.39 is 0 Å². The second kappa shape index (κ2) is 4.89. The molecule has 2 rings (SSSR count). The number of nitrogens with one attached hydrogen (secondary N) is 1. The Labute approximate surface area is 99.4 Å². The lowest BCUT2D eigenvalue weighted by atomic mass is 9.64. The average Bonchev–Trinajstić information content (AvgIpc) is 2.29. The Balaban J connectivity index is 1.81. The summed E-state index contributed by atoms with van der Waals surface area (Å²) in [6.45, 7) is 7.58. The van der Waals surface area contributed by atoms with Crippen LogP contribution in [0.1, 0.15) is 46.5 Å². The van der Waals surface area contributed by atoms with Crippen molar-refractivity contribution >= 4 is 0 Å². The summed E-state index contributed by atoms with van der Waals surface area (Å²) in [6, 6.07) is 1.33. The van der Waals surface area contributed by atoms with Gasteiger partial charge in [-0.15, -0.1) is 0 Å². The molecule has 2 aliphatic carbocycles. The predicted molar refractivity (Wildman–Crippen MR) is 67.5 cm³/mol. The Morgan fingerprint density at radius 1 is 1.38 bits per heavy atom. The highest BCUT2D eigenvalue weighted by Gasteiger charge is 2.49. The summed E-state index contributed by atoms with van der Waals surface area (Å²) >= 11 is 0. The monoisotopic (exact) mass is 223 g/mol. The number of hydrogen-bond acceptors (Lipinski definition) is 2. The van der Waals surface area contributed by atoms with Crippen LogP contribution in [0.5, 0.6) is 0 Å². The zero-order valence-corrected chi connectivity index (χ0v) is 10.8. The van der Waals surface area contributed by atoms with E-state index >= 15 is 0 Å². The lowest BCUT2D eigenvalue weighted by Gasteiger charge is -2.53. The van der Waals surface area contributed by atoms with Crippen molar-refractivity contribution in [3.8, 4) is 0 Å². The highest BCUT2D eigenvalue weighted by Crippen LogP contribution is 2.43. The van der Waals surface area contributed by atoms with E-state index in [4.69, 9.17) is 4.74 Å². The van der Waals surface area contributed by atoms with Crippen LogP contribution in [0.4, 0.5) is 0 Å². The van der Waals surface area contributed by atoms with Gasteiger partial charge in [0.05, 0.1) is 6.10 Å². The van der Waals surface area contributed by atoms with Crippen LogP contribution in [0.2, 0.25) is 0 Å². The van der Waals surface area contributed by atoms with E-state index in [1.54, 1.807) is 0 Å². The van der Waals surface area contributed by atoms with Gasteiger partial charge >= 0.3 is 0 Å². The number of ether oxygens (including phenoxy) is 1. The van der Waals surface area contributed by atoms with Gasteiger partial charge < -0.3 is 10.1 Å². The highest BCUT2D eigenvalue weighted by molar-refractivity contribution is 5.05. The number of allylic oxidation sites excluding steroid dienone is 1. The molecule has 1 fully saturated rings. The van der Waals surface area contributed by atoms with Gasteiger partial charge in [-0.1, -0.05) is 26.0 Å². The summed E-state index contributed by atoms with van der Waals surface area (Å²) in [5.74, 6) is 0. The van der Waals surface area contributed by atoms with E-state index in [1.165, 1.54) is 25.7 Å². The molecule has 2 heteroatoms. The van der Waals surface area contributed by atoms with Crippen molar-refractivity contribution in [3.05, 3.63) is 12.2 Å². The molecule has 16 heavy (non-hydrogen) atoms. The molecule has 0 saturated heterocycles. The second-order valence-corrected chi connectivity index (χ2v) is 5.70. The van der Waals surface area contributed by atoms with E-state index in [0.29, 0.717) is 23.6 Å². The van der Waals surface area contributed by atoms with Gasteiger partial charge in [-0.3, -0.25) is 0 Å². The molecule has 92 valence electrons. The molecular formula is C14H25NO. The van der Waals surface area contributed by atoms with Crippen molar-refractivity contribution < 1.29 is 4.74 Å². The van der Waals surface area contributed by atoms with Crippen molar-refractivity contribution in [2.75, 3.05) is 6.61 Å². The largest absolute Gasteiger partial charge is 0.378 e. The van der Waals surface area contributed by atoms with Crippen LogP contribution in [-0.4, -0.2) is 24.8 Å².